The van der Waals surface area contributed by atoms with Crippen molar-refractivity contribution >= 4 is 34.7 Å². The van der Waals surface area contributed by atoms with Crippen molar-refractivity contribution in [1.29, 1.82) is 0 Å². The number of rotatable bonds is 2. The third-order valence-corrected chi connectivity index (χ3v) is 4.79. The molecule has 1 aliphatic carbocycles. The Morgan fingerprint density at radius 1 is 1.41 bits per heavy atom. The van der Waals surface area contributed by atoms with E-state index in [4.69, 9.17) is 27.2 Å². The number of halogens is 1. The highest BCUT2D eigenvalue weighted by molar-refractivity contribution is 6.33. The first-order chi connectivity index (χ1) is 10.5. The molecule has 116 valence electrons. The Morgan fingerprint density at radius 2 is 2.23 bits per heavy atom. The molecule has 0 aromatic carbocycles. The normalized spacial score (nSPS) is 30.8. The fourth-order valence-corrected chi connectivity index (χ4v) is 3.79. The van der Waals surface area contributed by atoms with Crippen LogP contribution in [0.1, 0.15) is 25.3 Å². The molecule has 4 rings (SSSR count). The summed E-state index contributed by atoms with van der Waals surface area (Å²) in [4.78, 5) is 23.4. The average molecular weight is 324 g/mol. The van der Waals surface area contributed by atoms with Crippen LogP contribution in [0.5, 0.6) is 0 Å². The second-order valence-corrected chi connectivity index (χ2v) is 6.18. The van der Waals surface area contributed by atoms with E-state index in [9.17, 15) is 4.79 Å². The Balaban J connectivity index is 1.62. The van der Waals surface area contributed by atoms with Crippen LogP contribution in [0.3, 0.4) is 0 Å². The van der Waals surface area contributed by atoms with Gasteiger partial charge in [-0.05, 0) is 25.2 Å². The number of carboxylic acids is 1. The minimum atomic E-state index is -0.883. The molecule has 4 atom stereocenters. The zero-order chi connectivity index (χ0) is 15.4. The van der Waals surface area contributed by atoms with Crippen LogP contribution < -0.4 is 5.73 Å². The Morgan fingerprint density at radius 3 is 2.95 bits per heavy atom. The van der Waals surface area contributed by atoms with Crippen LogP contribution in [0.15, 0.2) is 6.33 Å². The molecule has 0 unspecified atom stereocenters. The van der Waals surface area contributed by atoms with Gasteiger partial charge in [0, 0.05) is 6.04 Å². The highest BCUT2D eigenvalue weighted by atomic mass is 35.5. The maximum absolute atomic E-state index is 11.0. The van der Waals surface area contributed by atoms with Gasteiger partial charge in [0.1, 0.15) is 5.52 Å². The lowest BCUT2D eigenvalue weighted by molar-refractivity contribution is -0.149. The Labute approximate surface area is 130 Å². The van der Waals surface area contributed by atoms with Crippen molar-refractivity contribution in [3.63, 3.8) is 0 Å². The van der Waals surface area contributed by atoms with Crippen LogP contribution in [0.4, 0.5) is 5.95 Å². The number of carbonyl (C=O) groups is 1. The summed E-state index contributed by atoms with van der Waals surface area (Å²) in [6.45, 7) is 0. The van der Waals surface area contributed by atoms with Crippen LogP contribution >= 0.6 is 11.6 Å². The Kier molecular flexibility index (Phi) is 2.98. The van der Waals surface area contributed by atoms with Gasteiger partial charge in [-0.2, -0.15) is 9.97 Å². The van der Waals surface area contributed by atoms with E-state index < -0.39 is 12.1 Å². The van der Waals surface area contributed by atoms with Crippen molar-refractivity contribution < 1.29 is 14.6 Å². The molecule has 0 radical (unpaired) electrons. The van der Waals surface area contributed by atoms with Gasteiger partial charge in [0.2, 0.25) is 5.95 Å². The molecule has 9 heteroatoms. The predicted octanol–water partition coefficient (Wildman–Crippen LogP) is 1.26. The predicted molar refractivity (Wildman–Crippen MR) is 77.4 cm³/mol. The molecule has 3 N–H and O–H groups in total. The number of fused-ring (bicyclic) bond motifs is 2. The van der Waals surface area contributed by atoms with E-state index in [-0.39, 0.29) is 29.2 Å². The van der Waals surface area contributed by atoms with Crippen molar-refractivity contribution in [2.75, 3.05) is 5.73 Å². The lowest BCUT2D eigenvalue weighted by Crippen LogP contribution is -2.21. The number of aliphatic carboxylic acids is 1. The van der Waals surface area contributed by atoms with Crippen molar-refractivity contribution in [2.45, 2.75) is 37.5 Å². The first-order valence-corrected chi connectivity index (χ1v) is 7.44. The van der Waals surface area contributed by atoms with Gasteiger partial charge in [0.05, 0.1) is 12.4 Å². The van der Waals surface area contributed by atoms with E-state index in [1.54, 1.807) is 6.33 Å². The third kappa shape index (κ3) is 2.02. The van der Waals surface area contributed by atoms with Crippen LogP contribution in [-0.4, -0.2) is 42.8 Å². The number of imidazole rings is 1. The summed E-state index contributed by atoms with van der Waals surface area (Å²) >= 11 is 6.04. The molecule has 1 saturated heterocycles. The smallest absolute Gasteiger partial charge is 0.332 e. The molecule has 8 nitrogen and oxygen atoms in total. The molecule has 1 aliphatic heterocycles. The lowest BCUT2D eigenvalue weighted by Gasteiger charge is -2.15. The number of hydrogen-bond donors (Lipinski definition) is 2. The SMILES string of the molecule is Nc1nc(Cl)c2ncn([C@@H]3C[C@@H]4C[C@H](C(=O)O)O[C@@H]4C3)c2n1. The van der Waals surface area contributed by atoms with Crippen molar-refractivity contribution in [3.05, 3.63) is 11.5 Å². The van der Waals surface area contributed by atoms with E-state index in [0.717, 1.165) is 12.8 Å². The van der Waals surface area contributed by atoms with Crippen LogP contribution in [-0.2, 0) is 9.53 Å². The fourth-order valence-electron chi connectivity index (χ4n) is 3.57. The molecule has 3 heterocycles. The second-order valence-electron chi connectivity index (χ2n) is 5.82. The number of nitrogens with two attached hydrogens (primary N) is 1. The van der Waals surface area contributed by atoms with Gasteiger partial charge >= 0.3 is 5.97 Å². The van der Waals surface area contributed by atoms with E-state index >= 15 is 0 Å². The van der Waals surface area contributed by atoms with E-state index in [2.05, 4.69) is 15.0 Å². The average Bonchev–Trinajstić information content (AvgIpc) is 3.08. The molecule has 1 saturated carbocycles. The Bertz CT molecular complexity index is 749. The standard InChI is InChI=1S/C13H14ClN5O3/c14-10-9-11(18-13(15)17-10)19(4-16-9)6-1-5-2-8(12(20)21)22-7(5)3-6/h4-8H,1-3H2,(H,20,21)(H2,15,17,18)/t5-,6-,7-,8-/m1/s1. The first kappa shape index (κ1) is 13.7. The van der Waals surface area contributed by atoms with Crippen molar-refractivity contribution in [3.8, 4) is 0 Å². The van der Waals surface area contributed by atoms with Crippen molar-refractivity contribution in [2.24, 2.45) is 5.92 Å². The molecule has 0 bridgehead atoms. The molecule has 2 aromatic rings. The van der Waals surface area contributed by atoms with Gasteiger partial charge < -0.3 is 20.1 Å². The van der Waals surface area contributed by atoms with Gasteiger partial charge in [0.25, 0.3) is 0 Å². The first-order valence-electron chi connectivity index (χ1n) is 7.06. The summed E-state index contributed by atoms with van der Waals surface area (Å²) in [5, 5.41) is 9.27. The molecule has 22 heavy (non-hydrogen) atoms. The summed E-state index contributed by atoms with van der Waals surface area (Å²) in [5.41, 5.74) is 6.79. The van der Waals surface area contributed by atoms with Crippen molar-refractivity contribution in [1.82, 2.24) is 19.5 Å². The molecule has 2 aromatic heterocycles. The summed E-state index contributed by atoms with van der Waals surface area (Å²) in [7, 11) is 0. The van der Waals surface area contributed by atoms with Gasteiger partial charge in [0.15, 0.2) is 16.9 Å². The number of ether oxygens (including phenoxy) is 1. The monoisotopic (exact) mass is 323 g/mol. The number of aromatic nitrogens is 4. The van der Waals surface area contributed by atoms with Gasteiger partial charge in [-0.15, -0.1) is 0 Å². The maximum atomic E-state index is 11.0. The molecule has 0 amide bonds. The largest absolute Gasteiger partial charge is 0.479 e. The molecule has 2 aliphatic rings. The number of carboxylic acid groups (broad SMARTS) is 1. The van der Waals surface area contributed by atoms with Gasteiger partial charge in [-0.25, -0.2) is 9.78 Å². The van der Waals surface area contributed by atoms with E-state index in [1.165, 1.54) is 0 Å². The number of nitrogen functional groups attached to an aromatic ring is 1. The molecular weight excluding hydrogens is 310 g/mol. The minimum absolute atomic E-state index is 0.0294. The number of nitrogens with zero attached hydrogens (tertiary/aromatic N) is 4. The van der Waals surface area contributed by atoms with E-state index in [1.807, 2.05) is 4.57 Å². The van der Waals surface area contributed by atoms with Gasteiger partial charge in [-0.3, -0.25) is 0 Å². The van der Waals surface area contributed by atoms with Gasteiger partial charge in [-0.1, -0.05) is 11.6 Å². The number of hydrogen-bond acceptors (Lipinski definition) is 6. The Hall–Kier alpha value is -1.93. The molecule has 0 spiro atoms. The van der Waals surface area contributed by atoms with Crippen LogP contribution in [0, 0.1) is 5.92 Å². The van der Waals surface area contributed by atoms with Crippen LogP contribution in [0.2, 0.25) is 5.15 Å². The minimum Gasteiger partial charge on any atom is -0.479 e. The molecular formula is C13H14ClN5O3. The topological polar surface area (TPSA) is 116 Å². The maximum Gasteiger partial charge on any atom is 0.332 e. The molecule has 2 fully saturated rings. The summed E-state index contributed by atoms with van der Waals surface area (Å²) in [6.07, 6.45) is 3.11. The highest BCUT2D eigenvalue weighted by Gasteiger charge is 2.45. The third-order valence-electron chi connectivity index (χ3n) is 4.53. The summed E-state index contributed by atoms with van der Waals surface area (Å²) < 4.78 is 7.56. The fraction of sp³-hybridized carbons (Fsp3) is 0.538. The zero-order valence-electron chi connectivity index (χ0n) is 11.5. The lowest BCUT2D eigenvalue weighted by atomic mass is 10.0. The summed E-state index contributed by atoms with van der Waals surface area (Å²) in [5.74, 6) is -0.524. The zero-order valence-corrected chi connectivity index (χ0v) is 12.3. The van der Waals surface area contributed by atoms with Crippen LogP contribution in [0.25, 0.3) is 11.2 Å². The summed E-state index contributed by atoms with van der Waals surface area (Å²) in [6, 6.07) is 0.153. The van der Waals surface area contributed by atoms with E-state index in [0.29, 0.717) is 17.6 Å². The quantitative estimate of drug-likeness (QED) is 0.799. The second kappa shape index (κ2) is 4.79. The highest BCUT2D eigenvalue weighted by Crippen LogP contribution is 2.45. The number of anilines is 1.